The molecular weight excluding hydrogens is 238 g/mol. The second-order valence-corrected chi connectivity index (χ2v) is 7.38. The van der Waals surface area contributed by atoms with E-state index in [-0.39, 0.29) is 11.3 Å². The lowest BCUT2D eigenvalue weighted by Crippen LogP contribution is -2.49. The fourth-order valence-corrected chi connectivity index (χ4v) is 2.10. The third-order valence-electron chi connectivity index (χ3n) is 2.86. The van der Waals surface area contributed by atoms with Gasteiger partial charge in [-0.15, -0.1) is 0 Å². The maximum absolute atomic E-state index is 11.7. The van der Waals surface area contributed by atoms with Gasteiger partial charge in [0.1, 0.15) is 0 Å². The Kier molecular flexibility index (Phi) is 6.61. The molecule has 104 valence electrons. The average Bonchev–Trinajstić information content (AvgIpc) is 2.14. The van der Waals surface area contributed by atoms with Gasteiger partial charge in [0.15, 0.2) is 0 Å². The highest BCUT2D eigenvalue weighted by Gasteiger charge is 2.22. The summed E-state index contributed by atoms with van der Waals surface area (Å²) in [4.78, 5) is 2.00. The molecule has 0 atom stereocenters. The molecule has 0 rings (SSSR count). The summed E-state index contributed by atoms with van der Waals surface area (Å²) < 4.78 is 26.1. The van der Waals surface area contributed by atoms with Crippen LogP contribution in [0.2, 0.25) is 0 Å². The van der Waals surface area contributed by atoms with Crippen LogP contribution in [0.15, 0.2) is 0 Å². The number of sulfonamides is 1. The van der Waals surface area contributed by atoms with Gasteiger partial charge in [-0.1, -0.05) is 13.8 Å². The lowest BCUT2D eigenvalue weighted by molar-refractivity contribution is 0.199. The van der Waals surface area contributed by atoms with Crippen LogP contribution >= 0.6 is 0 Å². The van der Waals surface area contributed by atoms with Crippen LogP contribution in [-0.2, 0) is 10.0 Å². The molecule has 17 heavy (non-hydrogen) atoms. The van der Waals surface area contributed by atoms with Crippen molar-refractivity contribution in [1.29, 1.82) is 0 Å². The van der Waals surface area contributed by atoms with E-state index in [1.54, 1.807) is 0 Å². The Balaban J connectivity index is 4.11. The molecule has 0 aliphatic heterocycles. The SMILES string of the molecule is CC(C)NCCS(=O)(=O)NCC(C)(C)N(C)C. The van der Waals surface area contributed by atoms with Gasteiger partial charge in [0, 0.05) is 24.7 Å². The zero-order chi connectivity index (χ0) is 13.7. The van der Waals surface area contributed by atoms with E-state index in [4.69, 9.17) is 0 Å². The van der Waals surface area contributed by atoms with E-state index in [0.29, 0.717) is 19.1 Å². The number of rotatable bonds is 8. The quantitative estimate of drug-likeness (QED) is 0.660. The van der Waals surface area contributed by atoms with Crippen molar-refractivity contribution in [2.24, 2.45) is 0 Å². The van der Waals surface area contributed by atoms with Gasteiger partial charge in [-0.3, -0.25) is 0 Å². The van der Waals surface area contributed by atoms with Crippen LogP contribution in [0.1, 0.15) is 27.7 Å². The van der Waals surface area contributed by atoms with Crippen LogP contribution in [0.25, 0.3) is 0 Å². The number of nitrogens with zero attached hydrogens (tertiary/aromatic N) is 1. The number of hydrogen-bond donors (Lipinski definition) is 2. The molecule has 5 nitrogen and oxygen atoms in total. The summed E-state index contributed by atoms with van der Waals surface area (Å²) in [5.74, 6) is 0.120. The Labute approximate surface area is 106 Å². The molecule has 0 aromatic carbocycles. The van der Waals surface area contributed by atoms with Gasteiger partial charge in [-0.25, -0.2) is 13.1 Å². The Morgan fingerprint density at radius 2 is 1.76 bits per heavy atom. The zero-order valence-corrected chi connectivity index (χ0v) is 12.7. The molecule has 0 spiro atoms. The van der Waals surface area contributed by atoms with Gasteiger partial charge < -0.3 is 10.2 Å². The van der Waals surface area contributed by atoms with Crippen LogP contribution in [0.5, 0.6) is 0 Å². The molecule has 0 radical (unpaired) electrons. The highest BCUT2D eigenvalue weighted by atomic mass is 32.2. The Hall–Kier alpha value is -0.170. The highest BCUT2D eigenvalue weighted by Crippen LogP contribution is 2.08. The lowest BCUT2D eigenvalue weighted by atomic mass is 10.1. The van der Waals surface area contributed by atoms with Crippen molar-refractivity contribution in [1.82, 2.24) is 14.9 Å². The van der Waals surface area contributed by atoms with E-state index in [9.17, 15) is 8.42 Å². The van der Waals surface area contributed by atoms with E-state index >= 15 is 0 Å². The Morgan fingerprint density at radius 1 is 1.24 bits per heavy atom. The van der Waals surface area contributed by atoms with Crippen molar-refractivity contribution >= 4 is 10.0 Å². The van der Waals surface area contributed by atoms with E-state index < -0.39 is 10.0 Å². The summed E-state index contributed by atoms with van der Waals surface area (Å²) in [6, 6.07) is 0.309. The normalized spacial score (nSPS) is 13.6. The smallest absolute Gasteiger partial charge is 0.212 e. The van der Waals surface area contributed by atoms with Gasteiger partial charge in [0.05, 0.1) is 5.75 Å². The van der Waals surface area contributed by atoms with Gasteiger partial charge in [0.25, 0.3) is 0 Å². The number of likely N-dealkylation sites (N-methyl/N-ethyl adjacent to an activating group) is 1. The lowest BCUT2D eigenvalue weighted by Gasteiger charge is -2.32. The molecule has 0 aromatic rings. The predicted molar refractivity (Wildman–Crippen MR) is 72.7 cm³/mol. The van der Waals surface area contributed by atoms with Crippen LogP contribution in [0, 0.1) is 0 Å². The summed E-state index contributed by atoms with van der Waals surface area (Å²) in [6.45, 7) is 8.90. The summed E-state index contributed by atoms with van der Waals surface area (Å²) in [5.41, 5.74) is -0.182. The third-order valence-corrected chi connectivity index (χ3v) is 4.18. The highest BCUT2D eigenvalue weighted by molar-refractivity contribution is 7.89. The van der Waals surface area contributed by atoms with E-state index in [1.165, 1.54) is 0 Å². The van der Waals surface area contributed by atoms with Crippen LogP contribution < -0.4 is 10.0 Å². The molecule has 0 heterocycles. The Bertz CT molecular complexity index is 311. The molecule has 6 heteroatoms. The van der Waals surface area contributed by atoms with E-state index in [2.05, 4.69) is 10.0 Å². The summed E-state index contributed by atoms with van der Waals surface area (Å²) in [6.07, 6.45) is 0. The second kappa shape index (κ2) is 6.68. The van der Waals surface area contributed by atoms with Gasteiger partial charge >= 0.3 is 0 Å². The summed E-state index contributed by atoms with van der Waals surface area (Å²) in [7, 11) is 0.695. The molecule has 0 saturated heterocycles. The molecule has 0 aliphatic carbocycles. The summed E-state index contributed by atoms with van der Waals surface area (Å²) >= 11 is 0. The fourth-order valence-electron chi connectivity index (χ4n) is 0.999. The van der Waals surface area contributed by atoms with Crippen LogP contribution in [0.3, 0.4) is 0 Å². The molecule has 0 saturated carbocycles. The molecule has 2 N–H and O–H groups in total. The van der Waals surface area contributed by atoms with Crippen LogP contribution in [0.4, 0.5) is 0 Å². The number of hydrogen-bond acceptors (Lipinski definition) is 4. The average molecular weight is 265 g/mol. The maximum atomic E-state index is 11.7. The molecular formula is C11H27N3O2S. The zero-order valence-electron chi connectivity index (χ0n) is 11.9. The predicted octanol–water partition coefficient (Wildman–Crippen LogP) is 0.244. The van der Waals surface area contributed by atoms with Crippen LogP contribution in [-0.4, -0.2) is 57.8 Å². The van der Waals surface area contributed by atoms with Gasteiger partial charge in [-0.2, -0.15) is 0 Å². The standard InChI is InChI=1S/C11H27N3O2S/c1-10(2)12-7-8-17(15,16)13-9-11(3,4)14(5)6/h10,12-13H,7-9H2,1-6H3. The fraction of sp³-hybridized carbons (Fsp3) is 1.00. The molecule has 0 amide bonds. The summed E-state index contributed by atoms with van der Waals surface area (Å²) in [5, 5.41) is 3.09. The topological polar surface area (TPSA) is 61.4 Å². The first-order valence-corrected chi connectivity index (χ1v) is 7.60. The van der Waals surface area contributed by atoms with Crippen molar-refractivity contribution in [3.05, 3.63) is 0 Å². The van der Waals surface area contributed by atoms with Crippen molar-refractivity contribution in [3.63, 3.8) is 0 Å². The van der Waals surface area contributed by atoms with E-state index in [1.807, 2.05) is 46.7 Å². The minimum absolute atomic E-state index is 0.120. The Morgan fingerprint density at radius 3 is 2.18 bits per heavy atom. The molecule has 0 aromatic heterocycles. The van der Waals surface area contributed by atoms with Crippen molar-refractivity contribution in [2.75, 3.05) is 32.9 Å². The monoisotopic (exact) mass is 265 g/mol. The van der Waals surface area contributed by atoms with Crippen molar-refractivity contribution in [3.8, 4) is 0 Å². The van der Waals surface area contributed by atoms with Gasteiger partial charge in [-0.05, 0) is 27.9 Å². The molecule has 0 aliphatic rings. The molecule has 0 bridgehead atoms. The minimum atomic E-state index is -3.18. The molecule has 0 unspecified atom stereocenters. The first-order valence-electron chi connectivity index (χ1n) is 5.95. The minimum Gasteiger partial charge on any atom is -0.313 e. The maximum Gasteiger partial charge on any atom is 0.212 e. The largest absolute Gasteiger partial charge is 0.313 e. The third kappa shape index (κ3) is 7.70. The van der Waals surface area contributed by atoms with Crippen molar-refractivity contribution in [2.45, 2.75) is 39.3 Å². The van der Waals surface area contributed by atoms with Gasteiger partial charge in [0.2, 0.25) is 10.0 Å². The second-order valence-electron chi connectivity index (χ2n) is 5.46. The first kappa shape index (κ1) is 16.8. The number of nitrogens with one attached hydrogen (secondary N) is 2. The van der Waals surface area contributed by atoms with Crippen molar-refractivity contribution < 1.29 is 8.42 Å². The first-order chi connectivity index (χ1) is 7.57. The van der Waals surface area contributed by atoms with E-state index in [0.717, 1.165) is 0 Å². The molecule has 0 fully saturated rings.